The number of ketones is 1. The quantitative estimate of drug-likeness (QED) is 0.426. The van der Waals surface area contributed by atoms with Crippen LogP contribution in [0, 0.1) is 0 Å². The van der Waals surface area contributed by atoms with Crippen LogP contribution in [0.3, 0.4) is 0 Å². The highest BCUT2D eigenvalue weighted by Gasteiger charge is 2.63. The lowest BCUT2D eigenvalue weighted by molar-refractivity contribution is -0.181. The Kier molecular flexibility index (Phi) is 3.94. The van der Waals surface area contributed by atoms with E-state index in [4.69, 9.17) is 16.3 Å². The lowest BCUT2D eigenvalue weighted by Gasteiger charge is -2.33. The van der Waals surface area contributed by atoms with Gasteiger partial charge in [0.1, 0.15) is 11.0 Å². The molecular weight excluding hydrogens is 391 g/mol. The second-order valence-corrected chi connectivity index (χ2v) is 6.28. The number of aliphatic hydroxyl groups excluding tert-OH is 1. The topological polar surface area (TPSA) is 66.8 Å². The second kappa shape index (κ2) is 4.94. The van der Waals surface area contributed by atoms with E-state index >= 15 is 0 Å². The highest BCUT2D eigenvalue weighted by Crippen LogP contribution is 2.46. The number of alkyl halides is 3. The Hall–Kier alpha value is -0.250. The van der Waals surface area contributed by atoms with Crippen LogP contribution in [-0.4, -0.2) is 49.2 Å². The third-order valence-electron chi connectivity index (χ3n) is 3.20. The first-order valence-corrected chi connectivity index (χ1v) is 7.44. The summed E-state index contributed by atoms with van der Waals surface area (Å²) in [5, 5.41) is 9.95. The summed E-state index contributed by atoms with van der Waals surface area (Å²) < 4.78 is 19.4. The molecule has 0 radical (unpaired) electrons. The molecule has 0 bridgehead atoms. The summed E-state index contributed by atoms with van der Waals surface area (Å²) >= 11 is 7.88. The number of hydrogen-bond acceptors (Lipinski definition) is 4. The molecule has 0 unspecified atom stereocenters. The zero-order chi connectivity index (χ0) is 14.4. The molecule has 0 saturated carbocycles. The van der Waals surface area contributed by atoms with E-state index in [0.29, 0.717) is 0 Å². The van der Waals surface area contributed by atoms with Crippen LogP contribution in [0.4, 0.5) is 4.39 Å². The third-order valence-corrected chi connectivity index (χ3v) is 4.64. The van der Waals surface area contributed by atoms with Crippen LogP contribution >= 0.6 is 34.2 Å². The Morgan fingerprint density at radius 1 is 1.68 bits per heavy atom. The number of rotatable bonds is 2. The maximum atomic E-state index is 14.3. The molecule has 106 valence electrons. The minimum atomic E-state index is -2.32. The molecule has 1 N–H and O–H groups in total. The molecule has 1 fully saturated rings. The van der Waals surface area contributed by atoms with Gasteiger partial charge >= 0.3 is 0 Å². The Labute approximate surface area is 127 Å². The minimum absolute atomic E-state index is 0.130. The summed E-state index contributed by atoms with van der Waals surface area (Å²) in [5.41, 5.74) is 0. The SMILES string of the molecule is C[C@]1(Cl)[C@H](N2C=CC(=O)CC2=O)O[C@](F)(CI)[C@H]1O. The number of ether oxygens (including phenoxy) is 1. The highest BCUT2D eigenvalue weighted by atomic mass is 127. The average Bonchev–Trinajstić information content (AvgIpc) is 2.51. The summed E-state index contributed by atoms with van der Waals surface area (Å²) in [6.07, 6.45) is -0.649. The van der Waals surface area contributed by atoms with E-state index in [9.17, 15) is 19.1 Å². The van der Waals surface area contributed by atoms with Gasteiger partial charge in [-0.3, -0.25) is 14.5 Å². The Morgan fingerprint density at radius 3 is 2.79 bits per heavy atom. The smallest absolute Gasteiger partial charge is 0.248 e. The van der Waals surface area contributed by atoms with Crippen LogP contribution in [0.1, 0.15) is 13.3 Å². The molecule has 0 aliphatic carbocycles. The van der Waals surface area contributed by atoms with Gasteiger partial charge in [-0.15, -0.1) is 11.6 Å². The lowest BCUT2D eigenvalue weighted by atomic mass is 9.99. The van der Waals surface area contributed by atoms with Gasteiger partial charge in [-0.1, -0.05) is 22.6 Å². The molecule has 1 saturated heterocycles. The van der Waals surface area contributed by atoms with Crippen LogP contribution in [0.25, 0.3) is 0 Å². The Morgan fingerprint density at radius 2 is 2.32 bits per heavy atom. The van der Waals surface area contributed by atoms with Crippen molar-refractivity contribution < 1.29 is 23.8 Å². The highest BCUT2D eigenvalue weighted by molar-refractivity contribution is 14.1. The van der Waals surface area contributed by atoms with E-state index in [-0.39, 0.29) is 16.6 Å². The number of aliphatic hydroxyl groups is 1. The van der Waals surface area contributed by atoms with Crippen molar-refractivity contribution in [1.82, 2.24) is 4.90 Å². The van der Waals surface area contributed by atoms with Gasteiger partial charge in [-0.05, 0) is 13.0 Å². The van der Waals surface area contributed by atoms with Gasteiger partial charge in [-0.2, -0.15) is 0 Å². The van der Waals surface area contributed by atoms with Crippen molar-refractivity contribution in [2.24, 2.45) is 0 Å². The summed E-state index contributed by atoms with van der Waals surface area (Å²) in [6, 6.07) is 0. The molecule has 0 spiro atoms. The monoisotopic (exact) mass is 403 g/mol. The fourth-order valence-electron chi connectivity index (χ4n) is 2.11. The van der Waals surface area contributed by atoms with Gasteiger partial charge in [-0.25, -0.2) is 4.39 Å². The number of nitrogens with zero attached hydrogens (tertiary/aromatic N) is 1. The first-order chi connectivity index (χ1) is 8.72. The molecule has 8 heteroatoms. The molecule has 5 nitrogen and oxygen atoms in total. The normalized spacial score (nSPS) is 43.1. The Balaban J connectivity index is 2.33. The van der Waals surface area contributed by atoms with Gasteiger partial charge in [0.05, 0.1) is 10.8 Å². The fourth-order valence-corrected chi connectivity index (χ4v) is 3.02. The minimum Gasteiger partial charge on any atom is -0.385 e. The molecule has 2 aliphatic rings. The van der Waals surface area contributed by atoms with Crippen LogP contribution in [-0.2, 0) is 14.3 Å². The fraction of sp³-hybridized carbons (Fsp3) is 0.636. The maximum absolute atomic E-state index is 14.3. The first-order valence-electron chi connectivity index (χ1n) is 5.54. The standard InChI is InChI=1S/C11H12ClFINO4/c1-10(12)8(18)11(13,5-14)19-9(10)15-3-2-6(16)4-7(15)17/h2-3,8-9,18H,4-5H2,1H3/t8-,9+,10+,11+/m0/s1. The predicted octanol–water partition coefficient (Wildman–Crippen LogP) is 1.12. The van der Waals surface area contributed by atoms with Gasteiger partial charge in [0, 0.05) is 6.20 Å². The molecule has 2 heterocycles. The van der Waals surface area contributed by atoms with Crippen molar-refractivity contribution in [3.8, 4) is 0 Å². The number of halogens is 3. The van der Waals surface area contributed by atoms with Crippen molar-refractivity contribution >= 4 is 45.9 Å². The number of carbonyl (C=O) groups is 2. The third kappa shape index (κ3) is 2.41. The Bertz CT molecular complexity index is 458. The van der Waals surface area contributed by atoms with Gasteiger partial charge in [0.2, 0.25) is 11.8 Å². The molecule has 1 amide bonds. The van der Waals surface area contributed by atoms with E-state index in [1.807, 2.05) is 0 Å². The van der Waals surface area contributed by atoms with Gasteiger partial charge in [0.25, 0.3) is 0 Å². The van der Waals surface area contributed by atoms with Crippen molar-refractivity contribution in [1.29, 1.82) is 0 Å². The number of hydrogen-bond donors (Lipinski definition) is 1. The molecule has 0 aromatic carbocycles. The van der Waals surface area contributed by atoms with E-state index in [2.05, 4.69) is 0 Å². The molecule has 2 aliphatic heterocycles. The van der Waals surface area contributed by atoms with Crippen molar-refractivity contribution in [3.63, 3.8) is 0 Å². The molecule has 4 atom stereocenters. The molecule has 19 heavy (non-hydrogen) atoms. The zero-order valence-electron chi connectivity index (χ0n) is 9.98. The van der Waals surface area contributed by atoms with Crippen molar-refractivity contribution in [2.45, 2.75) is 36.4 Å². The number of carbonyl (C=O) groups excluding carboxylic acids is 2. The molecule has 0 aromatic rings. The van der Waals surface area contributed by atoms with Gasteiger partial charge < -0.3 is 9.84 Å². The van der Waals surface area contributed by atoms with E-state index < -0.39 is 29.0 Å². The predicted molar refractivity (Wildman–Crippen MR) is 73.5 cm³/mol. The van der Waals surface area contributed by atoms with Crippen LogP contribution in [0.15, 0.2) is 12.3 Å². The summed E-state index contributed by atoms with van der Waals surface area (Å²) in [5.74, 6) is -3.19. The number of allylic oxidation sites excluding steroid dienone is 1. The van der Waals surface area contributed by atoms with Crippen LogP contribution in [0.5, 0.6) is 0 Å². The second-order valence-electron chi connectivity index (χ2n) is 4.70. The molecular formula is C11H12ClFINO4. The number of amides is 1. The van der Waals surface area contributed by atoms with E-state index in [1.165, 1.54) is 19.2 Å². The molecule has 0 aromatic heterocycles. The maximum Gasteiger partial charge on any atom is 0.248 e. The largest absolute Gasteiger partial charge is 0.385 e. The first kappa shape index (κ1) is 15.1. The van der Waals surface area contributed by atoms with Gasteiger partial charge in [0.15, 0.2) is 12.0 Å². The van der Waals surface area contributed by atoms with E-state index in [0.717, 1.165) is 4.90 Å². The van der Waals surface area contributed by atoms with E-state index in [1.54, 1.807) is 22.6 Å². The summed E-state index contributed by atoms with van der Waals surface area (Å²) in [6.45, 7) is 1.40. The van der Waals surface area contributed by atoms with Crippen LogP contribution < -0.4 is 0 Å². The summed E-state index contributed by atoms with van der Waals surface area (Å²) in [4.78, 5) is 22.5. The van der Waals surface area contributed by atoms with Crippen molar-refractivity contribution in [3.05, 3.63) is 12.3 Å². The molecule has 2 rings (SSSR count). The summed E-state index contributed by atoms with van der Waals surface area (Å²) in [7, 11) is 0. The average molecular weight is 404 g/mol. The van der Waals surface area contributed by atoms with Crippen molar-refractivity contribution in [2.75, 3.05) is 4.43 Å². The van der Waals surface area contributed by atoms with Crippen LogP contribution in [0.2, 0.25) is 0 Å². The lowest BCUT2D eigenvalue weighted by Crippen LogP contribution is -2.51. The zero-order valence-corrected chi connectivity index (χ0v) is 12.9.